The maximum absolute atomic E-state index is 4.39. The van der Waals surface area contributed by atoms with E-state index in [1.807, 2.05) is 18.0 Å². The Labute approximate surface area is 98.2 Å². The molecule has 0 amide bonds. The van der Waals surface area contributed by atoms with Crippen molar-refractivity contribution in [3.63, 3.8) is 0 Å². The van der Waals surface area contributed by atoms with Crippen molar-refractivity contribution in [3.8, 4) is 0 Å². The summed E-state index contributed by atoms with van der Waals surface area (Å²) in [7, 11) is 2.08. The highest BCUT2D eigenvalue weighted by Crippen LogP contribution is 2.11. The molecular weight excluding hydrogens is 260 g/mol. The predicted octanol–water partition coefficient (Wildman–Crippen LogP) is 2.78. The average molecular weight is 275 g/mol. The van der Waals surface area contributed by atoms with Gasteiger partial charge < -0.3 is 4.90 Å². The Bertz CT molecular complexity index is 263. The highest BCUT2D eigenvalue weighted by molar-refractivity contribution is 9.08. The maximum Gasteiger partial charge on any atom is 0.128 e. The molecule has 0 saturated carbocycles. The zero-order valence-electron chi connectivity index (χ0n) is 8.53. The van der Waals surface area contributed by atoms with Crippen LogP contribution in [-0.2, 0) is 5.33 Å². The van der Waals surface area contributed by atoms with E-state index >= 15 is 0 Å². The van der Waals surface area contributed by atoms with Gasteiger partial charge in [0.2, 0.25) is 0 Å². The molecule has 0 bridgehead atoms. The van der Waals surface area contributed by atoms with E-state index in [-0.39, 0.29) is 0 Å². The molecule has 4 heteroatoms. The van der Waals surface area contributed by atoms with Crippen LogP contribution in [0.1, 0.15) is 5.56 Å². The van der Waals surface area contributed by atoms with Gasteiger partial charge in [-0.15, -0.1) is 0 Å². The number of halogens is 1. The van der Waals surface area contributed by atoms with Gasteiger partial charge in [0.1, 0.15) is 5.82 Å². The SMILES string of the molecule is CSCCN(C)c1ccc(CBr)cn1. The molecule has 0 unspecified atom stereocenters. The van der Waals surface area contributed by atoms with E-state index in [9.17, 15) is 0 Å². The van der Waals surface area contributed by atoms with Gasteiger partial charge in [-0.2, -0.15) is 11.8 Å². The largest absolute Gasteiger partial charge is 0.359 e. The molecule has 1 heterocycles. The first-order valence-corrected chi connectivity index (χ1v) is 7.00. The van der Waals surface area contributed by atoms with Gasteiger partial charge in [-0.25, -0.2) is 4.98 Å². The lowest BCUT2D eigenvalue weighted by atomic mass is 10.3. The Hall–Kier alpha value is -0.220. The number of nitrogens with zero attached hydrogens (tertiary/aromatic N) is 2. The van der Waals surface area contributed by atoms with Crippen LogP contribution in [0.25, 0.3) is 0 Å². The normalized spacial score (nSPS) is 10.2. The molecule has 14 heavy (non-hydrogen) atoms. The third kappa shape index (κ3) is 3.50. The van der Waals surface area contributed by atoms with Crippen LogP contribution in [0.15, 0.2) is 18.3 Å². The Morgan fingerprint density at radius 3 is 2.79 bits per heavy atom. The quantitative estimate of drug-likeness (QED) is 0.769. The number of anilines is 1. The summed E-state index contributed by atoms with van der Waals surface area (Å²) in [5.41, 5.74) is 1.21. The van der Waals surface area contributed by atoms with E-state index in [1.54, 1.807) is 0 Å². The van der Waals surface area contributed by atoms with Gasteiger partial charge in [0.15, 0.2) is 0 Å². The molecule has 1 rings (SSSR count). The second kappa shape index (κ2) is 6.30. The molecule has 0 aliphatic carbocycles. The zero-order valence-corrected chi connectivity index (χ0v) is 10.9. The molecule has 0 saturated heterocycles. The van der Waals surface area contributed by atoms with E-state index in [0.29, 0.717) is 0 Å². The van der Waals surface area contributed by atoms with Gasteiger partial charge in [0.25, 0.3) is 0 Å². The molecule has 2 nitrogen and oxygen atoms in total. The van der Waals surface area contributed by atoms with Crippen molar-refractivity contribution >= 4 is 33.5 Å². The van der Waals surface area contributed by atoms with Crippen LogP contribution in [0.5, 0.6) is 0 Å². The summed E-state index contributed by atoms with van der Waals surface area (Å²) < 4.78 is 0. The number of rotatable bonds is 5. The van der Waals surface area contributed by atoms with Crippen LogP contribution in [-0.4, -0.2) is 30.6 Å². The predicted molar refractivity (Wildman–Crippen MR) is 68.5 cm³/mol. The van der Waals surface area contributed by atoms with Gasteiger partial charge in [0.05, 0.1) is 0 Å². The first-order chi connectivity index (χ1) is 6.77. The van der Waals surface area contributed by atoms with Crippen molar-refractivity contribution in [2.75, 3.05) is 30.5 Å². The molecular formula is C10H15BrN2S. The smallest absolute Gasteiger partial charge is 0.128 e. The average Bonchev–Trinajstić information content (AvgIpc) is 2.26. The van der Waals surface area contributed by atoms with Gasteiger partial charge >= 0.3 is 0 Å². The lowest BCUT2D eigenvalue weighted by molar-refractivity contribution is 0.944. The second-order valence-corrected chi connectivity index (χ2v) is 4.62. The van der Waals surface area contributed by atoms with Crippen LogP contribution in [0.3, 0.4) is 0 Å². The van der Waals surface area contributed by atoms with Crippen molar-refractivity contribution in [1.29, 1.82) is 0 Å². The van der Waals surface area contributed by atoms with Crippen LogP contribution in [0.2, 0.25) is 0 Å². The minimum atomic E-state index is 0.870. The number of hydrogen-bond donors (Lipinski definition) is 0. The standard InChI is InChI=1S/C10H15BrN2S/c1-13(5-6-14-2)10-4-3-9(7-11)8-12-10/h3-4,8H,5-7H2,1-2H3. The summed E-state index contributed by atoms with van der Waals surface area (Å²) >= 11 is 5.26. The summed E-state index contributed by atoms with van der Waals surface area (Å²) in [4.78, 5) is 6.56. The number of hydrogen-bond acceptors (Lipinski definition) is 3. The number of aromatic nitrogens is 1. The molecule has 0 radical (unpaired) electrons. The van der Waals surface area contributed by atoms with Crippen LogP contribution >= 0.6 is 27.7 Å². The minimum absolute atomic E-state index is 0.870. The molecule has 0 aromatic carbocycles. The van der Waals surface area contributed by atoms with Gasteiger partial charge in [-0.3, -0.25) is 0 Å². The van der Waals surface area contributed by atoms with Crippen molar-refractivity contribution in [1.82, 2.24) is 4.98 Å². The summed E-state index contributed by atoms with van der Waals surface area (Å²) in [5, 5.41) is 0.870. The Kier molecular flexibility index (Phi) is 5.33. The zero-order chi connectivity index (χ0) is 10.4. The number of thioether (sulfide) groups is 1. The first kappa shape index (κ1) is 11.9. The fourth-order valence-electron chi connectivity index (χ4n) is 1.06. The third-order valence-electron chi connectivity index (χ3n) is 1.99. The van der Waals surface area contributed by atoms with Crippen LogP contribution in [0, 0.1) is 0 Å². The van der Waals surface area contributed by atoms with E-state index in [4.69, 9.17) is 0 Å². The topological polar surface area (TPSA) is 16.1 Å². The van der Waals surface area contributed by atoms with Crippen molar-refractivity contribution in [3.05, 3.63) is 23.9 Å². The van der Waals surface area contributed by atoms with Gasteiger partial charge in [-0.05, 0) is 17.9 Å². The van der Waals surface area contributed by atoms with Gasteiger partial charge in [0, 0.05) is 30.9 Å². The summed E-state index contributed by atoms with van der Waals surface area (Å²) in [6, 6.07) is 4.17. The lowest BCUT2D eigenvalue weighted by Crippen LogP contribution is -2.21. The fourth-order valence-corrected chi connectivity index (χ4v) is 1.85. The minimum Gasteiger partial charge on any atom is -0.359 e. The van der Waals surface area contributed by atoms with Crippen molar-refractivity contribution in [2.45, 2.75) is 5.33 Å². The molecule has 1 aromatic heterocycles. The summed E-state index contributed by atoms with van der Waals surface area (Å²) in [5.74, 6) is 2.18. The number of alkyl halides is 1. The first-order valence-electron chi connectivity index (χ1n) is 4.49. The van der Waals surface area contributed by atoms with Gasteiger partial charge in [-0.1, -0.05) is 22.0 Å². The maximum atomic E-state index is 4.39. The third-order valence-corrected chi connectivity index (χ3v) is 3.22. The molecule has 0 N–H and O–H groups in total. The highest BCUT2D eigenvalue weighted by Gasteiger charge is 2.00. The molecule has 0 aliphatic rings. The Morgan fingerprint density at radius 2 is 2.29 bits per heavy atom. The number of pyridine rings is 1. The van der Waals surface area contributed by atoms with E-state index < -0.39 is 0 Å². The Balaban J connectivity index is 2.57. The van der Waals surface area contributed by atoms with Crippen LogP contribution < -0.4 is 4.90 Å². The molecule has 78 valence electrons. The highest BCUT2D eigenvalue weighted by atomic mass is 79.9. The lowest BCUT2D eigenvalue weighted by Gasteiger charge is -2.17. The van der Waals surface area contributed by atoms with Crippen molar-refractivity contribution in [2.24, 2.45) is 0 Å². The second-order valence-electron chi connectivity index (χ2n) is 3.07. The molecule has 0 spiro atoms. The monoisotopic (exact) mass is 274 g/mol. The van der Waals surface area contributed by atoms with E-state index in [1.165, 1.54) is 5.56 Å². The van der Waals surface area contributed by atoms with E-state index in [2.05, 4.69) is 51.3 Å². The van der Waals surface area contributed by atoms with E-state index in [0.717, 1.165) is 23.4 Å². The van der Waals surface area contributed by atoms with Crippen LogP contribution in [0.4, 0.5) is 5.82 Å². The molecule has 0 fully saturated rings. The summed E-state index contributed by atoms with van der Waals surface area (Å²) in [6.07, 6.45) is 4.04. The molecule has 0 aliphatic heterocycles. The molecule has 0 atom stereocenters. The fraction of sp³-hybridized carbons (Fsp3) is 0.500. The summed E-state index contributed by atoms with van der Waals surface area (Å²) in [6.45, 7) is 1.04. The molecule has 1 aromatic rings. The van der Waals surface area contributed by atoms with Crippen molar-refractivity contribution < 1.29 is 0 Å². The Morgan fingerprint density at radius 1 is 1.50 bits per heavy atom.